The van der Waals surface area contributed by atoms with Crippen molar-refractivity contribution in [3.8, 4) is 17.0 Å². The molecule has 2 heterocycles. The van der Waals surface area contributed by atoms with Gasteiger partial charge < -0.3 is 25.4 Å². The number of aryl methyl sites for hydroxylation is 1. The zero-order chi connectivity index (χ0) is 19.2. The number of nitrogens with zero attached hydrogens (tertiary/aromatic N) is 3. The van der Waals surface area contributed by atoms with Crippen molar-refractivity contribution in [2.24, 2.45) is 12.8 Å². The first kappa shape index (κ1) is 19.2. The molecule has 2 amide bonds. The molecule has 3 N–H and O–H groups in total. The van der Waals surface area contributed by atoms with Crippen LogP contribution in [0.5, 0.6) is 5.75 Å². The number of ether oxygens (including phenoxy) is 2. The van der Waals surface area contributed by atoms with Crippen LogP contribution in [0.4, 0.5) is 10.5 Å². The number of amides is 2. The van der Waals surface area contributed by atoms with Crippen LogP contribution >= 0.6 is 0 Å². The van der Waals surface area contributed by atoms with E-state index < -0.39 is 0 Å². The fraction of sp³-hybridized carbons (Fsp3) is 0.474. The fourth-order valence-corrected chi connectivity index (χ4v) is 3.40. The van der Waals surface area contributed by atoms with Crippen molar-refractivity contribution in [3.63, 3.8) is 0 Å². The third-order valence-corrected chi connectivity index (χ3v) is 4.70. The largest absolute Gasteiger partial charge is 0.492 e. The van der Waals surface area contributed by atoms with Gasteiger partial charge in [0.15, 0.2) is 0 Å². The number of rotatable bonds is 7. The van der Waals surface area contributed by atoms with E-state index in [1.807, 2.05) is 36.2 Å². The number of nitrogens with one attached hydrogen (secondary N) is 1. The van der Waals surface area contributed by atoms with Gasteiger partial charge in [-0.1, -0.05) is 0 Å². The second-order valence-electron chi connectivity index (χ2n) is 6.56. The van der Waals surface area contributed by atoms with E-state index in [1.54, 1.807) is 18.0 Å². The number of carbonyl (C=O) groups is 1. The van der Waals surface area contributed by atoms with Gasteiger partial charge in [-0.15, -0.1) is 0 Å². The molecule has 0 saturated carbocycles. The molecule has 2 aromatic rings. The molecule has 146 valence electrons. The minimum atomic E-state index is -0.110. The first-order chi connectivity index (χ1) is 13.1. The quantitative estimate of drug-likeness (QED) is 0.775. The zero-order valence-electron chi connectivity index (χ0n) is 15.9. The number of nitrogens with two attached hydrogens (primary N) is 1. The van der Waals surface area contributed by atoms with Crippen LogP contribution in [-0.2, 0) is 11.8 Å². The molecule has 0 aliphatic carbocycles. The minimum absolute atomic E-state index is 0.110. The number of anilines is 1. The Morgan fingerprint density at radius 1 is 1.41 bits per heavy atom. The second-order valence-corrected chi connectivity index (χ2v) is 6.56. The number of likely N-dealkylation sites (tertiary alicyclic amines) is 1. The number of aromatic nitrogens is 2. The SMILES string of the molecule is COC[C@@H]1CCCN1C(=O)Nc1ccc(OCCN)c(-c2ccnn2C)c1. The second kappa shape index (κ2) is 8.88. The number of urea groups is 1. The van der Waals surface area contributed by atoms with Crippen molar-refractivity contribution in [2.75, 3.05) is 38.7 Å². The standard InChI is InChI=1S/C19H27N5O3/c1-23-17(7-9-21-23)16-12-14(5-6-18(16)27-11-8-20)22-19(25)24-10-3-4-15(24)13-26-2/h5-7,9,12,15H,3-4,8,10-11,13,20H2,1-2H3,(H,22,25)/t15-/m0/s1. The Bertz CT molecular complexity index is 776. The lowest BCUT2D eigenvalue weighted by Crippen LogP contribution is -2.40. The van der Waals surface area contributed by atoms with Crippen LogP contribution in [0.3, 0.4) is 0 Å². The van der Waals surface area contributed by atoms with Crippen LogP contribution < -0.4 is 15.8 Å². The Morgan fingerprint density at radius 3 is 2.96 bits per heavy atom. The highest BCUT2D eigenvalue weighted by atomic mass is 16.5. The molecule has 1 aliphatic heterocycles. The van der Waals surface area contributed by atoms with E-state index >= 15 is 0 Å². The number of carbonyl (C=O) groups excluding carboxylic acids is 1. The Balaban J connectivity index is 1.82. The van der Waals surface area contributed by atoms with Gasteiger partial charge in [0.2, 0.25) is 0 Å². The van der Waals surface area contributed by atoms with E-state index in [2.05, 4.69) is 10.4 Å². The lowest BCUT2D eigenvalue weighted by Gasteiger charge is -2.24. The highest BCUT2D eigenvalue weighted by Gasteiger charge is 2.28. The fourth-order valence-electron chi connectivity index (χ4n) is 3.40. The van der Waals surface area contributed by atoms with Crippen molar-refractivity contribution in [3.05, 3.63) is 30.5 Å². The van der Waals surface area contributed by atoms with Crippen molar-refractivity contribution in [1.29, 1.82) is 0 Å². The van der Waals surface area contributed by atoms with Crippen molar-refractivity contribution < 1.29 is 14.3 Å². The summed E-state index contributed by atoms with van der Waals surface area (Å²) < 4.78 is 12.8. The first-order valence-corrected chi connectivity index (χ1v) is 9.16. The third kappa shape index (κ3) is 4.40. The summed E-state index contributed by atoms with van der Waals surface area (Å²) in [6.07, 6.45) is 3.69. The van der Waals surface area contributed by atoms with Crippen LogP contribution in [0.25, 0.3) is 11.3 Å². The van der Waals surface area contributed by atoms with E-state index in [9.17, 15) is 4.79 Å². The molecule has 1 aromatic carbocycles. The van der Waals surface area contributed by atoms with Gasteiger partial charge in [-0.2, -0.15) is 5.10 Å². The van der Waals surface area contributed by atoms with Gasteiger partial charge >= 0.3 is 6.03 Å². The van der Waals surface area contributed by atoms with Gasteiger partial charge in [-0.25, -0.2) is 4.79 Å². The molecule has 27 heavy (non-hydrogen) atoms. The van der Waals surface area contributed by atoms with Crippen molar-refractivity contribution in [2.45, 2.75) is 18.9 Å². The summed E-state index contributed by atoms with van der Waals surface area (Å²) in [5.74, 6) is 0.709. The van der Waals surface area contributed by atoms with Gasteiger partial charge in [0, 0.05) is 44.7 Å². The van der Waals surface area contributed by atoms with Gasteiger partial charge in [0.05, 0.1) is 18.3 Å². The molecule has 8 nitrogen and oxygen atoms in total. The van der Waals surface area contributed by atoms with Crippen LogP contribution in [0.1, 0.15) is 12.8 Å². The summed E-state index contributed by atoms with van der Waals surface area (Å²) in [5.41, 5.74) is 8.03. The van der Waals surface area contributed by atoms with Gasteiger partial charge in [0.1, 0.15) is 12.4 Å². The predicted octanol–water partition coefficient (Wildman–Crippen LogP) is 2.07. The molecule has 0 unspecified atom stereocenters. The summed E-state index contributed by atoms with van der Waals surface area (Å²) in [7, 11) is 3.53. The topological polar surface area (TPSA) is 94.6 Å². The molecule has 1 fully saturated rings. The Labute approximate surface area is 159 Å². The molecule has 3 rings (SSSR count). The van der Waals surface area contributed by atoms with E-state index in [0.29, 0.717) is 31.2 Å². The molecule has 0 spiro atoms. The van der Waals surface area contributed by atoms with Gasteiger partial charge in [-0.3, -0.25) is 4.68 Å². The van der Waals surface area contributed by atoms with Gasteiger partial charge in [-0.05, 0) is 37.1 Å². The normalized spacial score (nSPS) is 16.6. The maximum absolute atomic E-state index is 12.7. The summed E-state index contributed by atoms with van der Waals surface area (Å²) >= 11 is 0. The maximum atomic E-state index is 12.7. The number of hydrogen-bond acceptors (Lipinski definition) is 5. The molecule has 0 bridgehead atoms. The van der Waals surface area contributed by atoms with E-state index in [0.717, 1.165) is 30.6 Å². The zero-order valence-corrected chi connectivity index (χ0v) is 15.9. The molecule has 1 aliphatic rings. The monoisotopic (exact) mass is 373 g/mol. The van der Waals surface area contributed by atoms with E-state index in [1.165, 1.54) is 0 Å². The predicted molar refractivity (Wildman–Crippen MR) is 104 cm³/mol. The lowest BCUT2D eigenvalue weighted by molar-refractivity contribution is 0.128. The number of hydrogen-bond donors (Lipinski definition) is 2. The van der Waals surface area contributed by atoms with Crippen molar-refractivity contribution in [1.82, 2.24) is 14.7 Å². The van der Waals surface area contributed by atoms with Crippen LogP contribution in [0.15, 0.2) is 30.5 Å². The van der Waals surface area contributed by atoms with Crippen LogP contribution in [-0.4, -0.2) is 60.2 Å². The minimum Gasteiger partial charge on any atom is -0.492 e. The molecule has 8 heteroatoms. The Kier molecular flexibility index (Phi) is 6.31. The molecular formula is C19H27N5O3. The van der Waals surface area contributed by atoms with Crippen LogP contribution in [0, 0.1) is 0 Å². The van der Waals surface area contributed by atoms with Gasteiger partial charge in [0.25, 0.3) is 0 Å². The smallest absolute Gasteiger partial charge is 0.322 e. The van der Waals surface area contributed by atoms with E-state index in [4.69, 9.17) is 15.2 Å². The first-order valence-electron chi connectivity index (χ1n) is 9.16. The average molecular weight is 373 g/mol. The highest BCUT2D eigenvalue weighted by Crippen LogP contribution is 2.32. The number of methoxy groups -OCH3 is 1. The molecule has 0 radical (unpaired) electrons. The molecule has 1 saturated heterocycles. The summed E-state index contributed by atoms with van der Waals surface area (Å²) in [4.78, 5) is 14.6. The third-order valence-electron chi connectivity index (χ3n) is 4.70. The summed E-state index contributed by atoms with van der Waals surface area (Å²) in [6, 6.07) is 7.52. The van der Waals surface area contributed by atoms with Crippen molar-refractivity contribution >= 4 is 11.7 Å². The Hall–Kier alpha value is -2.58. The lowest BCUT2D eigenvalue weighted by atomic mass is 10.1. The average Bonchev–Trinajstić information content (AvgIpc) is 3.30. The molecule has 1 atom stereocenters. The van der Waals surface area contributed by atoms with Crippen LogP contribution in [0.2, 0.25) is 0 Å². The van der Waals surface area contributed by atoms with E-state index in [-0.39, 0.29) is 12.1 Å². The summed E-state index contributed by atoms with van der Waals surface area (Å²) in [5, 5.41) is 7.22. The Morgan fingerprint density at radius 2 is 2.26 bits per heavy atom. The number of benzene rings is 1. The maximum Gasteiger partial charge on any atom is 0.322 e. The summed E-state index contributed by atoms with van der Waals surface area (Å²) in [6.45, 7) is 2.15. The highest BCUT2D eigenvalue weighted by molar-refractivity contribution is 5.91. The molecule has 1 aromatic heterocycles. The molecular weight excluding hydrogens is 346 g/mol.